The molecule has 0 spiro atoms. The third kappa shape index (κ3) is 3.62. The molecule has 0 radical (unpaired) electrons. The topological polar surface area (TPSA) is 12.4 Å². The predicted molar refractivity (Wildman–Crippen MR) is 152 cm³/mol. The molecule has 6 aromatic carbocycles. The van der Waals surface area contributed by atoms with Gasteiger partial charge in [-0.05, 0) is 80.2 Å². The lowest BCUT2D eigenvalue weighted by Crippen LogP contribution is -1.91. The van der Waals surface area contributed by atoms with E-state index in [4.69, 9.17) is 0 Å². The molecule has 1 heteroatoms. The van der Waals surface area contributed by atoms with Crippen LogP contribution in [0.4, 0.5) is 5.69 Å². The maximum Gasteiger partial charge on any atom is 0.0657 e. The molecule has 0 aliphatic heterocycles. The zero-order chi connectivity index (χ0) is 23.8. The van der Waals surface area contributed by atoms with E-state index < -0.39 is 0 Å². The number of aryl methyl sites for hydroxylation is 1. The van der Waals surface area contributed by atoms with Crippen LogP contribution in [0.2, 0.25) is 0 Å². The molecule has 0 fully saturated rings. The minimum Gasteiger partial charge on any atom is -0.264 e. The molecule has 1 nitrogen and oxygen atoms in total. The number of rotatable bonds is 4. The molecule has 0 bridgehead atoms. The van der Waals surface area contributed by atoms with Crippen molar-refractivity contribution >= 4 is 33.9 Å². The summed E-state index contributed by atoms with van der Waals surface area (Å²) in [7, 11) is 0. The van der Waals surface area contributed by atoms with Crippen molar-refractivity contribution in [2.75, 3.05) is 0 Å². The van der Waals surface area contributed by atoms with E-state index >= 15 is 0 Å². The first-order chi connectivity index (χ1) is 17.2. The molecule has 0 N–H and O–H groups in total. The summed E-state index contributed by atoms with van der Waals surface area (Å²) in [6.45, 7) is 5.86. The van der Waals surface area contributed by atoms with Gasteiger partial charge in [-0.1, -0.05) is 115 Å². The van der Waals surface area contributed by atoms with Crippen LogP contribution >= 0.6 is 0 Å². The van der Waals surface area contributed by atoms with Crippen molar-refractivity contribution in [3.05, 3.63) is 127 Å². The first-order valence-corrected chi connectivity index (χ1v) is 11.9. The Balaban J connectivity index is 1.64. The van der Waals surface area contributed by atoms with Crippen molar-refractivity contribution in [3.63, 3.8) is 0 Å². The molecule has 0 heterocycles. The maximum atomic E-state index is 4.26. The monoisotopic (exact) mass is 447 g/mol. The van der Waals surface area contributed by atoms with Gasteiger partial charge in [0.2, 0.25) is 0 Å². The molecule has 0 aromatic heterocycles. The molecule has 35 heavy (non-hydrogen) atoms. The highest BCUT2D eigenvalue weighted by molar-refractivity contribution is 6.21. The molecular formula is C34H25N. The standard InChI is InChI=1S/C34H25N/c1-23-16-17-27(22-32(23)35-2)34-30-14-8-6-12-28(30)33(29-13-7-9-15-31(29)34)26-20-18-25(19-21-26)24-10-4-3-5-11-24/h3-22H,2H2,1H3. The molecule has 0 aliphatic carbocycles. The summed E-state index contributed by atoms with van der Waals surface area (Å²) in [5, 5.41) is 4.99. The summed E-state index contributed by atoms with van der Waals surface area (Å²) >= 11 is 0. The Morgan fingerprint density at radius 2 is 0.886 bits per heavy atom. The second-order valence-corrected chi connectivity index (χ2v) is 8.94. The van der Waals surface area contributed by atoms with Gasteiger partial charge in [0.05, 0.1) is 5.69 Å². The zero-order valence-corrected chi connectivity index (χ0v) is 19.7. The first kappa shape index (κ1) is 21.1. The van der Waals surface area contributed by atoms with Crippen molar-refractivity contribution in [3.8, 4) is 33.4 Å². The Morgan fingerprint density at radius 3 is 1.43 bits per heavy atom. The molecule has 6 rings (SSSR count). The van der Waals surface area contributed by atoms with E-state index in [0.29, 0.717) is 0 Å². The Labute approximate surface area is 206 Å². The van der Waals surface area contributed by atoms with Crippen LogP contribution in [0.3, 0.4) is 0 Å². The fraction of sp³-hybridized carbons (Fsp3) is 0.0294. The molecule has 0 saturated heterocycles. The zero-order valence-electron chi connectivity index (χ0n) is 19.7. The summed E-state index contributed by atoms with van der Waals surface area (Å²) in [5.74, 6) is 0. The average Bonchev–Trinajstić information content (AvgIpc) is 2.93. The summed E-state index contributed by atoms with van der Waals surface area (Å²) in [6.07, 6.45) is 0. The van der Waals surface area contributed by atoms with Gasteiger partial charge >= 0.3 is 0 Å². The van der Waals surface area contributed by atoms with E-state index in [2.05, 4.69) is 140 Å². The minimum atomic E-state index is 0.927. The largest absolute Gasteiger partial charge is 0.264 e. The molecule has 0 atom stereocenters. The molecule has 0 aliphatic rings. The second-order valence-electron chi connectivity index (χ2n) is 8.94. The summed E-state index contributed by atoms with van der Waals surface area (Å²) in [6, 6.07) is 43.5. The van der Waals surface area contributed by atoms with Gasteiger partial charge in [-0.25, -0.2) is 0 Å². The summed E-state index contributed by atoms with van der Waals surface area (Å²) in [4.78, 5) is 4.26. The van der Waals surface area contributed by atoms with Gasteiger partial charge in [-0.3, -0.25) is 4.99 Å². The number of aliphatic imine (C=N–C) groups is 1. The lowest BCUT2D eigenvalue weighted by molar-refractivity contribution is 1.41. The minimum absolute atomic E-state index is 0.927. The Morgan fingerprint density at radius 1 is 0.457 bits per heavy atom. The van der Waals surface area contributed by atoms with Gasteiger partial charge in [0.25, 0.3) is 0 Å². The van der Waals surface area contributed by atoms with Crippen molar-refractivity contribution in [2.24, 2.45) is 4.99 Å². The fourth-order valence-corrected chi connectivity index (χ4v) is 5.15. The maximum absolute atomic E-state index is 4.26. The van der Waals surface area contributed by atoms with Crippen molar-refractivity contribution in [2.45, 2.75) is 6.92 Å². The van der Waals surface area contributed by atoms with Gasteiger partial charge in [-0.15, -0.1) is 0 Å². The van der Waals surface area contributed by atoms with Gasteiger partial charge in [-0.2, -0.15) is 0 Å². The fourth-order valence-electron chi connectivity index (χ4n) is 5.15. The number of fused-ring (bicyclic) bond motifs is 2. The highest BCUT2D eigenvalue weighted by Crippen LogP contribution is 2.44. The third-order valence-corrected chi connectivity index (χ3v) is 6.88. The second kappa shape index (κ2) is 8.70. The van der Waals surface area contributed by atoms with E-state index in [9.17, 15) is 0 Å². The number of hydrogen-bond donors (Lipinski definition) is 0. The number of hydrogen-bond acceptors (Lipinski definition) is 1. The van der Waals surface area contributed by atoms with Crippen LogP contribution in [0.5, 0.6) is 0 Å². The van der Waals surface area contributed by atoms with Crippen LogP contribution in [0.25, 0.3) is 54.9 Å². The lowest BCUT2D eigenvalue weighted by Gasteiger charge is -2.18. The Hall–Kier alpha value is -4.49. The van der Waals surface area contributed by atoms with E-state index in [-0.39, 0.29) is 0 Å². The van der Waals surface area contributed by atoms with Crippen LogP contribution in [0, 0.1) is 6.92 Å². The Kier molecular flexibility index (Phi) is 5.24. The van der Waals surface area contributed by atoms with Crippen LogP contribution in [-0.4, -0.2) is 6.72 Å². The van der Waals surface area contributed by atoms with Gasteiger partial charge < -0.3 is 0 Å². The van der Waals surface area contributed by atoms with E-state index in [1.54, 1.807) is 0 Å². The smallest absolute Gasteiger partial charge is 0.0657 e. The highest BCUT2D eigenvalue weighted by Gasteiger charge is 2.17. The highest BCUT2D eigenvalue weighted by atomic mass is 14.7. The van der Waals surface area contributed by atoms with Crippen molar-refractivity contribution < 1.29 is 0 Å². The van der Waals surface area contributed by atoms with E-state index in [1.165, 1.54) is 49.4 Å². The molecule has 6 aromatic rings. The normalized spacial score (nSPS) is 11.1. The van der Waals surface area contributed by atoms with Crippen LogP contribution in [0.15, 0.2) is 126 Å². The Bertz CT molecular complexity index is 1640. The predicted octanol–water partition coefficient (Wildman–Crippen LogP) is 9.63. The number of nitrogens with zero attached hydrogens (tertiary/aromatic N) is 1. The summed E-state index contributed by atoms with van der Waals surface area (Å²) in [5.41, 5.74) is 9.42. The summed E-state index contributed by atoms with van der Waals surface area (Å²) < 4.78 is 0. The van der Waals surface area contributed by atoms with Gasteiger partial charge in [0, 0.05) is 0 Å². The van der Waals surface area contributed by atoms with Gasteiger partial charge in [0.15, 0.2) is 0 Å². The SMILES string of the molecule is C=Nc1cc(-c2c3ccccc3c(-c3ccc(-c4ccccc4)cc3)c3ccccc23)ccc1C. The van der Waals surface area contributed by atoms with Crippen LogP contribution in [-0.2, 0) is 0 Å². The first-order valence-electron chi connectivity index (χ1n) is 11.9. The molecule has 0 saturated carbocycles. The molecule has 0 amide bonds. The third-order valence-electron chi connectivity index (χ3n) is 6.88. The van der Waals surface area contributed by atoms with Crippen molar-refractivity contribution in [1.29, 1.82) is 0 Å². The van der Waals surface area contributed by atoms with E-state index in [1.807, 2.05) is 0 Å². The van der Waals surface area contributed by atoms with Crippen molar-refractivity contribution in [1.82, 2.24) is 0 Å². The van der Waals surface area contributed by atoms with E-state index in [0.717, 1.165) is 16.8 Å². The van der Waals surface area contributed by atoms with Gasteiger partial charge in [0.1, 0.15) is 0 Å². The van der Waals surface area contributed by atoms with Crippen LogP contribution < -0.4 is 0 Å². The molecule has 0 unspecified atom stereocenters. The number of benzene rings is 6. The quantitative estimate of drug-likeness (QED) is 0.188. The average molecular weight is 448 g/mol. The molecular weight excluding hydrogens is 422 g/mol. The van der Waals surface area contributed by atoms with Crippen LogP contribution in [0.1, 0.15) is 5.56 Å². The molecule has 166 valence electrons. The lowest BCUT2D eigenvalue weighted by atomic mass is 9.85.